The van der Waals surface area contributed by atoms with Gasteiger partial charge in [-0.15, -0.1) is 0 Å². The SMILES string of the molecule is CC(C)CC(=O)NC1CCN(C(=O)c2cc(O)c(O)c(O)c2)CC1. The van der Waals surface area contributed by atoms with E-state index in [1.165, 1.54) is 0 Å². The summed E-state index contributed by atoms with van der Waals surface area (Å²) in [6, 6.07) is 2.32. The van der Waals surface area contributed by atoms with Crippen LogP contribution < -0.4 is 5.32 Å². The topological polar surface area (TPSA) is 110 Å². The van der Waals surface area contributed by atoms with E-state index in [0.717, 1.165) is 12.1 Å². The van der Waals surface area contributed by atoms with Crippen molar-refractivity contribution in [1.29, 1.82) is 0 Å². The molecule has 1 saturated heterocycles. The maximum atomic E-state index is 12.4. The average molecular weight is 336 g/mol. The summed E-state index contributed by atoms with van der Waals surface area (Å²) in [5.74, 6) is -1.70. The Labute approximate surface area is 140 Å². The molecule has 2 amide bonds. The lowest BCUT2D eigenvalue weighted by molar-refractivity contribution is -0.122. The molecular weight excluding hydrogens is 312 g/mol. The standard InChI is InChI=1S/C17H24N2O5/c1-10(2)7-15(22)18-12-3-5-19(6-4-12)17(24)11-8-13(20)16(23)14(21)9-11/h8-10,12,20-21,23H,3-7H2,1-2H3,(H,18,22). The van der Waals surface area contributed by atoms with Crippen molar-refractivity contribution in [2.45, 2.75) is 39.2 Å². The largest absolute Gasteiger partial charge is 0.504 e. The summed E-state index contributed by atoms with van der Waals surface area (Å²) in [5.41, 5.74) is 0.116. The summed E-state index contributed by atoms with van der Waals surface area (Å²) >= 11 is 0. The minimum absolute atomic E-state index is 0.0307. The van der Waals surface area contributed by atoms with Gasteiger partial charge in [-0.3, -0.25) is 9.59 Å². The Hall–Kier alpha value is -2.44. The van der Waals surface area contributed by atoms with Gasteiger partial charge >= 0.3 is 0 Å². The summed E-state index contributed by atoms with van der Waals surface area (Å²) in [5, 5.41) is 31.4. The summed E-state index contributed by atoms with van der Waals surface area (Å²) < 4.78 is 0. The number of amides is 2. The lowest BCUT2D eigenvalue weighted by atomic mass is 10.0. The van der Waals surface area contributed by atoms with Gasteiger partial charge in [-0.2, -0.15) is 0 Å². The van der Waals surface area contributed by atoms with Crippen molar-refractivity contribution in [1.82, 2.24) is 10.2 Å². The molecule has 0 unspecified atom stereocenters. The molecule has 1 aliphatic heterocycles. The highest BCUT2D eigenvalue weighted by Crippen LogP contribution is 2.35. The maximum absolute atomic E-state index is 12.4. The predicted octanol–water partition coefficient (Wildman–Crippen LogP) is 1.57. The highest BCUT2D eigenvalue weighted by molar-refractivity contribution is 5.95. The van der Waals surface area contributed by atoms with Gasteiger partial charge in [0.2, 0.25) is 5.91 Å². The Morgan fingerprint density at radius 2 is 1.71 bits per heavy atom. The monoisotopic (exact) mass is 336 g/mol. The van der Waals surface area contributed by atoms with Crippen LogP contribution in [0.3, 0.4) is 0 Å². The third-order valence-electron chi connectivity index (χ3n) is 4.06. The van der Waals surface area contributed by atoms with E-state index in [0.29, 0.717) is 38.3 Å². The van der Waals surface area contributed by atoms with Gasteiger partial charge in [0.05, 0.1) is 0 Å². The summed E-state index contributed by atoms with van der Waals surface area (Å²) in [7, 11) is 0. The Kier molecular flexibility index (Phi) is 5.54. The molecule has 0 spiro atoms. The van der Waals surface area contributed by atoms with Crippen LogP contribution in [-0.4, -0.2) is 51.2 Å². The molecule has 24 heavy (non-hydrogen) atoms. The van der Waals surface area contributed by atoms with Crippen molar-refractivity contribution in [3.63, 3.8) is 0 Å². The molecule has 0 aliphatic carbocycles. The van der Waals surface area contributed by atoms with Crippen LogP contribution in [0.1, 0.15) is 43.5 Å². The third kappa shape index (κ3) is 4.31. The van der Waals surface area contributed by atoms with Crippen LogP contribution in [0.4, 0.5) is 0 Å². The van der Waals surface area contributed by atoms with Crippen LogP contribution in [-0.2, 0) is 4.79 Å². The Bertz CT molecular complexity index is 598. The van der Waals surface area contributed by atoms with E-state index >= 15 is 0 Å². The molecule has 1 fully saturated rings. The van der Waals surface area contributed by atoms with E-state index in [2.05, 4.69) is 5.32 Å². The molecule has 132 valence electrons. The molecule has 7 nitrogen and oxygen atoms in total. The number of aromatic hydroxyl groups is 3. The quantitative estimate of drug-likeness (QED) is 0.624. The molecular formula is C17H24N2O5. The van der Waals surface area contributed by atoms with Crippen LogP contribution in [0.25, 0.3) is 0 Å². The molecule has 1 aliphatic rings. The zero-order chi connectivity index (χ0) is 17.9. The van der Waals surface area contributed by atoms with Gasteiger partial charge in [0.25, 0.3) is 5.91 Å². The highest BCUT2D eigenvalue weighted by Gasteiger charge is 2.25. The van der Waals surface area contributed by atoms with Gasteiger partial charge in [-0.05, 0) is 30.9 Å². The van der Waals surface area contributed by atoms with E-state index < -0.39 is 17.2 Å². The lowest BCUT2D eigenvalue weighted by Crippen LogP contribution is -2.46. The van der Waals surface area contributed by atoms with Crippen LogP contribution in [0.2, 0.25) is 0 Å². The minimum atomic E-state index is -0.641. The number of benzene rings is 1. The third-order valence-corrected chi connectivity index (χ3v) is 4.06. The zero-order valence-electron chi connectivity index (χ0n) is 14.0. The van der Waals surface area contributed by atoms with Crippen LogP contribution >= 0.6 is 0 Å². The smallest absolute Gasteiger partial charge is 0.254 e. The number of phenols is 3. The van der Waals surface area contributed by atoms with E-state index in [-0.39, 0.29) is 23.4 Å². The second-order valence-electron chi connectivity index (χ2n) is 6.60. The number of phenolic OH excluding ortho intramolecular Hbond substituents is 3. The molecule has 1 aromatic carbocycles. The number of piperidine rings is 1. The fraction of sp³-hybridized carbons (Fsp3) is 0.529. The van der Waals surface area contributed by atoms with Gasteiger partial charge < -0.3 is 25.5 Å². The first-order chi connectivity index (χ1) is 11.3. The molecule has 0 aromatic heterocycles. The highest BCUT2D eigenvalue weighted by atomic mass is 16.3. The van der Waals surface area contributed by atoms with E-state index in [4.69, 9.17) is 0 Å². The fourth-order valence-electron chi connectivity index (χ4n) is 2.79. The normalized spacial score (nSPS) is 15.5. The minimum Gasteiger partial charge on any atom is -0.504 e. The molecule has 0 atom stereocenters. The van der Waals surface area contributed by atoms with Crippen molar-refractivity contribution in [2.24, 2.45) is 5.92 Å². The fourth-order valence-corrected chi connectivity index (χ4v) is 2.79. The molecule has 0 radical (unpaired) electrons. The lowest BCUT2D eigenvalue weighted by Gasteiger charge is -2.32. The van der Waals surface area contributed by atoms with Crippen molar-refractivity contribution >= 4 is 11.8 Å². The predicted molar refractivity (Wildman–Crippen MR) is 88.0 cm³/mol. The first-order valence-electron chi connectivity index (χ1n) is 8.11. The van der Waals surface area contributed by atoms with Crippen molar-refractivity contribution < 1.29 is 24.9 Å². The Morgan fingerprint density at radius 1 is 1.17 bits per heavy atom. The molecule has 1 aromatic rings. The summed E-state index contributed by atoms with van der Waals surface area (Å²) in [6.07, 6.45) is 1.81. The number of rotatable bonds is 4. The Balaban J connectivity index is 1.92. The van der Waals surface area contributed by atoms with Gasteiger partial charge in [0, 0.05) is 31.1 Å². The first kappa shape index (κ1) is 17.9. The van der Waals surface area contributed by atoms with Crippen LogP contribution in [0.15, 0.2) is 12.1 Å². The van der Waals surface area contributed by atoms with Crippen molar-refractivity contribution in [2.75, 3.05) is 13.1 Å². The number of hydrogen-bond acceptors (Lipinski definition) is 5. The number of hydrogen-bond donors (Lipinski definition) is 4. The van der Waals surface area contributed by atoms with E-state index in [1.807, 2.05) is 13.8 Å². The van der Waals surface area contributed by atoms with E-state index in [1.54, 1.807) is 4.90 Å². The number of carbonyl (C=O) groups is 2. The van der Waals surface area contributed by atoms with E-state index in [9.17, 15) is 24.9 Å². The second-order valence-corrected chi connectivity index (χ2v) is 6.60. The zero-order valence-corrected chi connectivity index (χ0v) is 14.0. The second kappa shape index (κ2) is 7.42. The first-order valence-corrected chi connectivity index (χ1v) is 8.11. The van der Waals surface area contributed by atoms with Gasteiger partial charge in [-0.1, -0.05) is 13.8 Å². The van der Waals surface area contributed by atoms with Crippen molar-refractivity contribution in [3.8, 4) is 17.2 Å². The summed E-state index contributed by atoms with van der Waals surface area (Å²) in [6.45, 7) is 4.94. The number of likely N-dealkylation sites (tertiary alicyclic amines) is 1. The molecule has 7 heteroatoms. The molecule has 1 heterocycles. The van der Waals surface area contributed by atoms with Gasteiger partial charge in [0.15, 0.2) is 17.2 Å². The molecule has 0 saturated carbocycles. The van der Waals surface area contributed by atoms with Gasteiger partial charge in [0.1, 0.15) is 0 Å². The number of nitrogens with zero attached hydrogens (tertiary/aromatic N) is 1. The summed E-state index contributed by atoms with van der Waals surface area (Å²) in [4.78, 5) is 25.8. The number of nitrogens with one attached hydrogen (secondary N) is 1. The molecule has 4 N–H and O–H groups in total. The maximum Gasteiger partial charge on any atom is 0.254 e. The Morgan fingerprint density at radius 3 is 2.21 bits per heavy atom. The molecule has 2 rings (SSSR count). The molecule has 0 bridgehead atoms. The van der Waals surface area contributed by atoms with Crippen molar-refractivity contribution in [3.05, 3.63) is 17.7 Å². The average Bonchev–Trinajstić information content (AvgIpc) is 2.51. The van der Waals surface area contributed by atoms with Crippen LogP contribution in [0, 0.1) is 5.92 Å². The number of carbonyl (C=O) groups excluding carboxylic acids is 2. The van der Waals surface area contributed by atoms with Crippen LogP contribution in [0.5, 0.6) is 17.2 Å². The van der Waals surface area contributed by atoms with Gasteiger partial charge in [-0.25, -0.2) is 0 Å².